The average Bonchev–Trinajstić information content (AvgIpc) is 3.24. The standard InChI is InChI=1S/C32H30NO3P/c1-4-35-37(34,36-5-2)33(26-21-19-24(3)20-22-26)32(25-13-7-6-8-14-25)23-31-29-17-11-9-15-27(29)28-16-10-12-18-30(28)31/h6-22H,4-5H2,1-3H3. The second-order valence-corrected chi connectivity index (χ2v) is 10.6. The zero-order valence-corrected chi connectivity index (χ0v) is 22.2. The molecule has 0 saturated heterocycles. The Morgan fingerprint density at radius 3 is 1.70 bits per heavy atom. The van der Waals surface area contributed by atoms with E-state index in [0.29, 0.717) is 11.4 Å². The molecule has 0 heterocycles. The largest absolute Gasteiger partial charge is 0.440 e. The van der Waals surface area contributed by atoms with Crippen molar-refractivity contribution in [3.63, 3.8) is 0 Å². The van der Waals surface area contributed by atoms with Gasteiger partial charge in [0.1, 0.15) is 5.70 Å². The molecule has 0 aromatic heterocycles. The molecule has 4 aromatic rings. The number of hydrogen-bond donors (Lipinski definition) is 0. The van der Waals surface area contributed by atoms with E-state index in [1.165, 1.54) is 0 Å². The third kappa shape index (κ3) is 4.85. The van der Waals surface area contributed by atoms with Gasteiger partial charge in [0.25, 0.3) is 0 Å². The summed E-state index contributed by atoms with van der Waals surface area (Å²) in [6, 6.07) is 34.5. The van der Waals surface area contributed by atoms with Crippen LogP contribution in [0.2, 0.25) is 0 Å². The van der Waals surface area contributed by atoms with Crippen LogP contribution in [0.25, 0.3) is 22.4 Å². The molecule has 0 bridgehead atoms. The molecule has 4 aromatic carbocycles. The highest BCUT2D eigenvalue weighted by Gasteiger charge is 2.37. The van der Waals surface area contributed by atoms with Crippen molar-refractivity contribution in [3.05, 3.63) is 131 Å². The third-order valence-electron chi connectivity index (χ3n) is 6.29. The lowest BCUT2D eigenvalue weighted by Gasteiger charge is -2.32. The molecular weight excluding hydrogens is 477 g/mol. The van der Waals surface area contributed by atoms with Crippen LogP contribution < -0.4 is 4.67 Å². The number of rotatable bonds is 8. The fraction of sp³-hybridized carbons (Fsp3) is 0.156. The molecule has 0 amide bonds. The molecule has 0 N–H and O–H groups in total. The summed E-state index contributed by atoms with van der Waals surface area (Å²) in [5, 5.41) is 0. The van der Waals surface area contributed by atoms with Gasteiger partial charge < -0.3 is 0 Å². The van der Waals surface area contributed by atoms with E-state index in [-0.39, 0.29) is 13.2 Å². The first-order valence-corrected chi connectivity index (χ1v) is 14.1. The van der Waals surface area contributed by atoms with E-state index in [0.717, 1.165) is 39.0 Å². The van der Waals surface area contributed by atoms with Crippen molar-refractivity contribution < 1.29 is 13.6 Å². The number of nitrogens with zero attached hydrogens (tertiary/aromatic N) is 1. The van der Waals surface area contributed by atoms with Crippen molar-refractivity contribution in [3.8, 4) is 11.1 Å². The fourth-order valence-corrected chi connectivity index (χ4v) is 6.46. The van der Waals surface area contributed by atoms with Crippen molar-refractivity contribution >= 4 is 24.7 Å². The monoisotopic (exact) mass is 507 g/mol. The summed E-state index contributed by atoms with van der Waals surface area (Å²) in [5.74, 6) is 0. The summed E-state index contributed by atoms with van der Waals surface area (Å²) in [5.41, 5.74) is 12.4. The summed E-state index contributed by atoms with van der Waals surface area (Å²) >= 11 is 0. The highest BCUT2D eigenvalue weighted by atomic mass is 31.2. The number of benzene rings is 4. The van der Waals surface area contributed by atoms with Gasteiger partial charge in [0.15, 0.2) is 0 Å². The lowest BCUT2D eigenvalue weighted by atomic mass is 10.0. The highest BCUT2D eigenvalue weighted by molar-refractivity contribution is 7.56. The van der Waals surface area contributed by atoms with Gasteiger partial charge in [0.2, 0.25) is 0 Å². The lowest BCUT2D eigenvalue weighted by Crippen LogP contribution is -2.21. The second kappa shape index (κ2) is 10.8. The van der Waals surface area contributed by atoms with E-state index in [1.807, 2.05) is 87.5 Å². The second-order valence-electron chi connectivity index (χ2n) is 8.76. The van der Waals surface area contributed by atoms with Crippen molar-refractivity contribution in [1.29, 1.82) is 0 Å². The lowest BCUT2D eigenvalue weighted by molar-refractivity contribution is 0.220. The van der Waals surface area contributed by atoms with Crippen LogP contribution in [-0.4, -0.2) is 13.2 Å². The maximum atomic E-state index is 14.5. The summed E-state index contributed by atoms with van der Waals surface area (Å²) in [7, 11) is -3.79. The number of fused-ring (bicyclic) bond motifs is 3. The summed E-state index contributed by atoms with van der Waals surface area (Å²) in [6.45, 7) is 6.16. The molecule has 5 rings (SSSR count). The molecule has 0 unspecified atom stereocenters. The van der Waals surface area contributed by atoms with Crippen LogP contribution in [0.4, 0.5) is 5.69 Å². The molecule has 0 atom stereocenters. The van der Waals surface area contributed by atoms with Crippen LogP contribution >= 0.6 is 7.75 Å². The summed E-state index contributed by atoms with van der Waals surface area (Å²) in [6.07, 6.45) is 0. The molecule has 1 aliphatic rings. The molecule has 0 radical (unpaired) electrons. The highest BCUT2D eigenvalue weighted by Crippen LogP contribution is 2.58. The van der Waals surface area contributed by atoms with Gasteiger partial charge in [-0.2, -0.15) is 0 Å². The van der Waals surface area contributed by atoms with Gasteiger partial charge in [-0.05, 0) is 55.2 Å². The van der Waals surface area contributed by atoms with Gasteiger partial charge >= 0.3 is 7.75 Å². The number of aryl methyl sites for hydroxylation is 1. The Balaban J connectivity index is 1.89. The molecule has 0 fully saturated rings. The molecule has 0 spiro atoms. The van der Waals surface area contributed by atoms with Crippen molar-refractivity contribution in [1.82, 2.24) is 0 Å². The van der Waals surface area contributed by atoms with Gasteiger partial charge in [0.05, 0.1) is 18.9 Å². The Morgan fingerprint density at radius 1 is 0.703 bits per heavy atom. The van der Waals surface area contributed by atoms with Gasteiger partial charge in [0, 0.05) is 11.1 Å². The van der Waals surface area contributed by atoms with Crippen molar-refractivity contribution in [2.45, 2.75) is 20.8 Å². The zero-order valence-electron chi connectivity index (χ0n) is 21.3. The summed E-state index contributed by atoms with van der Waals surface area (Å²) < 4.78 is 28.0. The molecule has 5 heteroatoms. The van der Waals surface area contributed by atoms with E-state index >= 15 is 0 Å². The normalized spacial score (nSPS) is 12.0. The van der Waals surface area contributed by atoms with E-state index in [2.05, 4.69) is 42.1 Å². The van der Waals surface area contributed by atoms with Gasteiger partial charge in [-0.1, -0.05) is 102 Å². The van der Waals surface area contributed by atoms with Crippen LogP contribution in [0.1, 0.15) is 36.1 Å². The SMILES string of the molecule is CCOP(=O)(OCC)N(C(=C=C1c2ccccc2-c2ccccc21)c1ccccc1)c1ccc(C)cc1. The molecule has 37 heavy (non-hydrogen) atoms. The maximum Gasteiger partial charge on any atom is 0.440 e. The third-order valence-corrected chi connectivity index (χ3v) is 8.38. The molecule has 0 aliphatic heterocycles. The predicted molar refractivity (Wildman–Crippen MR) is 152 cm³/mol. The molecule has 4 nitrogen and oxygen atoms in total. The predicted octanol–water partition coefficient (Wildman–Crippen LogP) is 8.73. The fourth-order valence-electron chi connectivity index (χ4n) is 4.67. The van der Waals surface area contributed by atoms with Crippen LogP contribution in [0.3, 0.4) is 0 Å². The quantitative estimate of drug-likeness (QED) is 0.155. The van der Waals surface area contributed by atoms with E-state index in [4.69, 9.17) is 9.05 Å². The first-order chi connectivity index (χ1) is 18.1. The molecule has 186 valence electrons. The first kappa shape index (κ1) is 25.0. The minimum atomic E-state index is -3.79. The number of hydrogen-bond acceptors (Lipinski definition) is 3. The van der Waals surface area contributed by atoms with E-state index in [9.17, 15) is 4.57 Å². The van der Waals surface area contributed by atoms with Crippen LogP contribution in [0, 0.1) is 6.92 Å². The Bertz CT molecular complexity index is 1460. The number of anilines is 1. The van der Waals surface area contributed by atoms with Crippen LogP contribution in [0.15, 0.2) is 109 Å². The molecular formula is C32H30NO3P. The average molecular weight is 508 g/mol. The van der Waals surface area contributed by atoms with Gasteiger partial charge in [-0.25, -0.2) is 9.24 Å². The van der Waals surface area contributed by atoms with Crippen molar-refractivity contribution in [2.75, 3.05) is 17.9 Å². The minimum Gasteiger partial charge on any atom is -0.292 e. The topological polar surface area (TPSA) is 38.8 Å². The minimum absolute atomic E-state index is 0.240. The first-order valence-electron chi connectivity index (χ1n) is 12.6. The van der Waals surface area contributed by atoms with Crippen LogP contribution in [0.5, 0.6) is 0 Å². The molecule has 0 saturated carbocycles. The summed E-state index contributed by atoms with van der Waals surface area (Å²) in [4.78, 5) is 0. The Kier molecular flexibility index (Phi) is 7.28. The smallest absolute Gasteiger partial charge is 0.292 e. The van der Waals surface area contributed by atoms with Gasteiger partial charge in [-0.3, -0.25) is 9.05 Å². The van der Waals surface area contributed by atoms with E-state index < -0.39 is 7.75 Å². The Hall–Kier alpha value is -3.65. The Labute approximate surface area is 219 Å². The maximum absolute atomic E-state index is 14.5. The zero-order chi connectivity index (χ0) is 25.8. The van der Waals surface area contributed by atoms with Crippen molar-refractivity contribution in [2.24, 2.45) is 0 Å². The Morgan fingerprint density at radius 2 is 1.19 bits per heavy atom. The molecule has 1 aliphatic carbocycles. The van der Waals surface area contributed by atoms with Gasteiger partial charge in [-0.15, -0.1) is 0 Å². The van der Waals surface area contributed by atoms with E-state index in [1.54, 1.807) is 4.67 Å². The van der Waals surface area contributed by atoms with Crippen LogP contribution in [-0.2, 0) is 13.6 Å².